The largest absolute Gasteiger partial charge is 0.507 e. The minimum atomic E-state index is -0.330. The Labute approximate surface area is 525 Å². The molecule has 0 fully saturated rings. The fourth-order valence-electron chi connectivity index (χ4n) is 9.62. The van der Waals surface area contributed by atoms with Crippen molar-refractivity contribution in [2.24, 2.45) is 20.0 Å². The van der Waals surface area contributed by atoms with Crippen LogP contribution in [0.25, 0.3) is 0 Å². The molecule has 8 nitrogen and oxygen atoms in total. The first-order valence-electron chi connectivity index (χ1n) is 28.8. The molecule has 0 saturated carbocycles. The number of aromatic hydroxyl groups is 4. The second kappa shape index (κ2) is 25.2. The monoisotopic (exact) mass is 1220 g/mol. The third-order valence-electron chi connectivity index (χ3n) is 15.1. The molecule has 0 heterocycles. The van der Waals surface area contributed by atoms with Gasteiger partial charge < -0.3 is 20.4 Å². The SMILES string of the molecule is CC(C)(C)c1cc(C=Nc2ccc(Cc3ccc(N=Cc4cc(C(C)(C)C)cc(C(C)(C)C)c4O)c(N=Cc4cc(C(C)(C)C)cc(C(C)(C)C)c4O)c3)cc2N=Cc2cc(C(C)(C)C)cc(C(C)(C)C)c2O)c(O)c(C(C)(C)C)c1.[Zn].[Zn]. The molecule has 436 valence electrons. The van der Waals surface area contributed by atoms with E-state index in [9.17, 15) is 20.4 Å². The summed E-state index contributed by atoms with van der Waals surface area (Å²) in [6, 6.07) is 28.6. The van der Waals surface area contributed by atoms with E-state index in [1.165, 1.54) is 0 Å². The third-order valence-corrected chi connectivity index (χ3v) is 15.1. The maximum Gasteiger partial charge on any atom is 0.128 e. The Kier molecular flexibility index (Phi) is 21.2. The summed E-state index contributed by atoms with van der Waals surface area (Å²) in [4.78, 5) is 20.4. The van der Waals surface area contributed by atoms with Crippen molar-refractivity contribution >= 4 is 47.6 Å². The predicted molar refractivity (Wildman–Crippen MR) is 347 cm³/mol. The molecule has 6 rings (SSSR count). The summed E-state index contributed by atoms with van der Waals surface area (Å²) >= 11 is 0. The Morgan fingerprint density at radius 3 is 0.675 bits per heavy atom. The van der Waals surface area contributed by atoms with Crippen LogP contribution in [-0.4, -0.2) is 45.3 Å². The summed E-state index contributed by atoms with van der Waals surface area (Å²) in [5, 5.41) is 47.3. The van der Waals surface area contributed by atoms with Gasteiger partial charge in [-0.15, -0.1) is 0 Å². The molecule has 0 radical (unpaired) electrons. The minimum Gasteiger partial charge on any atom is -0.507 e. The van der Waals surface area contributed by atoms with E-state index < -0.39 is 0 Å². The van der Waals surface area contributed by atoms with Gasteiger partial charge in [0.2, 0.25) is 0 Å². The van der Waals surface area contributed by atoms with Crippen molar-refractivity contribution in [2.45, 2.75) is 216 Å². The van der Waals surface area contributed by atoms with Crippen molar-refractivity contribution in [3.8, 4) is 23.0 Å². The topological polar surface area (TPSA) is 130 Å². The van der Waals surface area contributed by atoms with E-state index in [1.807, 2.05) is 60.7 Å². The average Bonchev–Trinajstić information content (AvgIpc) is 3.34. The van der Waals surface area contributed by atoms with Crippen molar-refractivity contribution < 1.29 is 59.4 Å². The molecule has 0 spiro atoms. The van der Waals surface area contributed by atoms with Crippen molar-refractivity contribution in [1.29, 1.82) is 0 Å². The molecule has 0 unspecified atom stereocenters. The van der Waals surface area contributed by atoms with Crippen LogP contribution in [0.2, 0.25) is 0 Å². The Hall–Kier alpha value is -5.55. The zero-order valence-corrected chi connectivity index (χ0v) is 61.0. The molecule has 0 bridgehead atoms. The molecule has 4 N–H and O–H groups in total. The number of aliphatic imine (C=N–C) groups is 4. The van der Waals surface area contributed by atoms with Crippen LogP contribution in [0.1, 0.15) is 244 Å². The van der Waals surface area contributed by atoms with Gasteiger partial charge in [0.15, 0.2) is 0 Å². The fraction of sp³-hybridized carbons (Fsp3) is 0.452. The first kappa shape index (κ1) is 69.9. The van der Waals surface area contributed by atoms with E-state index in [1.54, 1.807) is 24.9 Å². The van der Waals surface area contributed by atoms with Crippen LogP contribution in [0, 0.1) is 0 Å². The van der Waals surface area contributed by atoms with Gasteiger partial charge >= 0.3 is 0 Å². The molecule has 0 aliphatic rings. The number of phenolic OH excluding ortho intramolecular Hbond substituents is 4. The summed E-state index contributed by atoms with van der Waals surface area (Å²) in [5.74, 6) is 0.773. The Morgan fingerprint density at radius 1 is 0.277 bits per heavy atom. The molecular formula is C73H96N4O4Zn2. The number of nitrogens with zero attached hydrogens (tertiary/aromatic N) is 4. The van der Waals surface area contributed by atoms with Gasteiger partial charge in [0.1, 0.15) is 23.0 Å². The molecule has 0 amide bonds. The van der Waals surface area contributed by atoms with Gasteiger partial charge in [-0.2, -0.15) is 0 Å². The number of benzene rings is 6. The molecule has 0 aromatic heterocycles. The molecule has 0 saturated heterocycles. The van der Waals surface area contributed by atoms with Crippen LogP contribution in [0.15, 0.2) is 105 Å². The maximum atomic E-state index is 11.9. The standard InChI is InChI=1S/C73H96N4O4.2Zn/c1-66(2,3)50-32-46(62(78)54(36-50)70(13,14)15)40-74-58-27-25-44(30-60(58)76-42-48-34-52(68(7,8)9)38-56(64(48)80)72(19,20)21)29-45-26-28-59(75-41-47-33-51(67(4,5)6)37-55(63(47)79)71(16,17)18)61(31-45)77-43-49-35-53(69(10,11)12)39-57(65(49)81)73(22,23)24;;/h25-28,30-43,78-81H,29H2,1-24H3;;. The van der Waals surface area contributed by atoms with Crippen LogP contribution in [0.3, 0.4) is 0 Å². The molecule has 6 aromatic carbocycles. The van der Waals surface area contributed by atoms with Crippen molar-refractivity contribution in [1.82, 2.24) is 0 Å². The van der Waals surface area contributed by atoms with Crippen molar-refractivity contribution in [2.75, 3.05) is 0 Å². The molecular weight excluding hydrogens is 1130 g/mol. The number of phenols is 4. The van der Waals surface area contributed by atoms with Crippen LogP contribution in [0.5, 0.6) is 23.0 Å². The summed E-state index contributed by atoms with van der Waals surface area (Å²) < 4.78 is 0. The first-order valence-corrected chi connectivity index (χ1v) is 28.8. The Morgan fingerprint density at radius 2 is 0.482 bits per heavy atom. The first-order chi connectivity index (χ1) is 36.8. The predicted octanol–water partition coefficient (Wildman–Crippen LogP) is 19.5. The molecule has 10 heteroatoms. The number of rotatable bonds is 10. The molecule has 0 aliphatic carbocycles. The van der Waals surface area contributed by atoms with E-state index in [0.717, 1.165) is 55.6 Å². The van der Waals surface area contributed by atoms with Gasteiger partial charge in [0.05, 0.1) is 22.7 Å². The second-order valence-electron chi connectivity index (χ2n) is 30.7. The quantitative estimate of drug-likeness (QED) is 0.0804. The van der Waals surface area contributed by atoms with Gasteiger partial charge in [0.25, 0.3) is 0 Å². The molecule has 83 heavy (non-hydrogen) atoms. The van der Waals surface area contributed by atoms with Gasteiger partial charge in [-0.1, -0.05) is 203 Å². The fourth-order valence-corrected chi connectivity index (χ4v) is 9.62. The molecule has 0 atom stereocenters. The van der Waals surface area contributed by atoms with Gasteiger partial charge in [-0.05, 0) is 132 Å². The van der Waals surface area contributed by atoms with E-state index in [0.29, 0.717) is 51.4 Å². The van der Waals surface area contributed by atoms with E-state index in [-0.39, 0.29) is 105 Å². The van der Waals surface area contributed by atoms with Crippen LogP contribution in [-0.2, 0) is 88.7 Å². The van der Waals surface area contributed by atoms with Crippen molar-refractivity contribution in [3.63, 3.8) is 0 Å². The summed E-state index contributed by atoms with van der Waals surface area (Å²) in [6.07, 6.45) is 7.43. The maximum absolute atomic E-state index is 11.9. The van der Waals surface area contributed by atoms with E-state index >= 15 is 0 Å². The summed E-state index contributed by atoms with van der Waals surface area (Å²) in [7, 11) is 0. The van der Waals surface area contributed by atoms with Crippen LogP contribution >= 0.6 is 0 Å². The zero-order chi connectivity index (χ0) is 61.0. The van der Waals surface area contributed by atoms with Crippen LogP contribution < -0.4 is 0 Å². The summed E-state index contributed by atoms with van der Waals surface area (Å²) in [5.41, 5.74) is 12.4. The van der Waals surface area contributed by atoms with Gasteiger partial charge in [-0.25, -0.2) is 0 Å². The number of hydrogen-bond acceptors (Lipinski definition) is 8. The average molecular weight is 1220 g/mol. The zero-order valence-electron chi connectivity index (χ0n) is 55.1. The smallest absolute Gasteiger partial charge is 0.128 e. The van der Waals surface area contributed by atoms with E-state index in [4.69, 9.17) is 20.0 Å². The van der Waals surface area contributed by atoms with Crippen LogP contribution in [0.4, 0.5) is 22.7 Å². The summed E-state index contributed by atoms with van der Waals surface area (Å²) in [6.45, 7) is 51.3. The molecule has 6 aromatic rings. The Balaban J connectivity index is 0.00000740. The normalized spacial score (nSPS) is 13.4. The van der Waals surface area contributed by atoms with Crippen molar-refractivity contribution in [3.05, 3.63) is 163 Å². The minimum absolute atomic E-state index is 0. The van der Waals surface area contributed by atoms with E-state index in [2.05, 4.69) is 190 Å². The van der Waals surface area contributed by atoms with Gasteiger partial charge in [0, 0.05) is 108 Å². The Bertz CT molecular complexity index is 3220. The van der Waals surface area contributed by atoms with Gasteiger partial charge in [-0.3, -0.25) is 20.0 Å². The third kappa shape index (κ3) is 17.3. The number of hydrogen-bond donors (Lipinski definition) is 4. The molecule has 0 aliphatic heterocycles. The second-order valence-corrected chi connectivity index (χ2v) is 30.7.